The first kappa shape index (κ1) is 27.5. The summed E-state index contributed by atoms with van der Waals surface area (Å²) < 4.78 is 6.97. The largest absolute Gasteiger partial charge is 0.497 e. The van der Waals surface area contributed by atoms with Gasteiger partial charge < -0.3 is 4.74 Å². The van der Waals surface area contributed by atoms with Gasteiger partial charge in [-0.1, -0.05) is 78.5 Å². The summed E-state index contributed by atoms with van der Waals surface area (Å²) in [6, 6.07) is 30.6. The fourth-order valence-electron chi connectivity index (χ4n) is 5.22. The first-order valence-corrected chi connectivity index (χ1v) is 14.7. The van der Waals surface area contributed by atoms with Crippen molar-refractivity contribution in [1.82, 2.24) is 14.6 Å². The minimum atomic E-state index is -0.259. The number of fused-ring (bicyclic) bond motifs is 1. The molecule has 1 aromatic heterocycles. The van der Waals surface area contributed by atoms with E-state index in [0.29, 0.717) is 22.5 Å². The highest BCUT2D eigenvalue weighted by atomic mass is 32.2. The van der Waals surface area contributed by atoms with Crippen LogP contribution in [0.25, 0.3) is 16.6 Å². The number of hydrogen-bond donors (Lipinski definition) is 0. The number of para-hydroxylation sites is 1. The van der Waals surface area contributed by atoms with Crippen LogP contribution in [0.2, 0.25) is 0 Å². The number of nitrogens with zero attached hydrogens (tertiary/aromatic N) is 4. The summed E-state index contributed by atoms with van der Waals surface area (Å²) in [5, 5.41) is 7.39. The molecule has 0 saturated heterocycles. The average Bonchev–Trinajstić information content (AvgIpc) is 3.48. The highest BCUT2D eigenvalue weighted by molar-refractivity contribution is 7.99. The van der Waals surface area contributed by atoms with Crippen molar-refractivity contribution in [1.29, 1.82) is 0 Å². The summed E-state index contributed by atoms with van der Waals surface area (Å²) >= 11 is 1.25. The number of rotatable bonds is 7. The molecule has 0 spiro atoms. The molecule has 2 heterocycles. The molecular weight excluding hydrogens is 544 g/mol. The Kier molecular flexibility index (Phi) is 7.63. The number of aromatic nitrogens is 2. The van der Waals surface area contributed by atoms with Crippen molar-refractivity contribution in [3.63, 3.8) is 0 Å². The molecule has 6 rings (SSSR count). The van der Waals surface area contributed by atoms with E-state index in [2.05, 4.69) is 0 Å². The number of carbonyl (C=O) groups is 1. The van der Waals surface area contributed by atoms with Gasteiger partial charge in [0, 0.05) is 6.42 Å². The van der Waals surface area contributed by atoms with Crippen molar-refractivity contribution < 1.29 is 9.53 Å². The van der Waals surface area contributed by atoms with Crippen molar-refractivity contribution in [2.24, 2.45) is 5.10 Å². The van der Waals surface area contributed by atoms with Gasteiger partial charge in [-0.05, 0) is 66.4 Å². The maximum Gasteiger partial charge on any atom is 0.266 e. The van der Waals surface area contributed by atoms with E-state index in [4.69, 9.17) is 14.8 Å². The normalized spacial score (nSPS) is 14.7. The molecule has 0 radical (unpaired) electrons. The van der Waals surface area contributed by atoms with Crippen LogP contribution in [-0.2, 0) is 4.79 Å². The maximum atomic E-state index is 13.9. The zero-order valence-corrected chi connectivity index (χ0v) is 24.5. The number of hydrazone groups is 1. The monoisotopic (exact) mass is 574 g/mol. The summed E-state index contributed by atoms with van der Waals surface area (Å²) in [4.78, 5) is 32.5. The molecule has 0 fully saturated rings. The fraction of sp³-hybridized carbons (Fsp3) is 0.176. The second-order valence-electron chi connectivity index (χ2n) is 10.2. The van der Waals surface area contributed by atoms with Crippen LogP contribution in [0.3, 0.4) is 0 Å². The Morgan fingerprint density at radius 1 is 0.929 bits per heavy atom. The van der Waals surface area contributed by atoms with E-state index in [1.54, 1.807) is 22.8 Å². The molecular formula is C34H30N4O3S. The van der Waals surface area contributed by atoms with E-state index in [0.717, 1.165) is 39.4 Å². The molecule has 5 aromatic rings. The number of benzene rings is 4. The molecule has 1 aliphatic heterocycles. The lowest BCUT2D eigenvalue weighted by Crippen LogP contribution is -2.29. The summed E-state index contributed by atoms with van der Waals surface area (Å²) in [5.74, 6) is 0.649. The average molecular weight is 575 g/mol. The van der Waals surface area contributed by atoms with Crippen LogP contribution < -0.4 is 10.3 Å². The SMILES string of the molecule is COc1ccc([C@H]2CC(c3ccccc3)=NN2C(=O)CSc2nc3ccccc3c(=O)n2-c2cccc(C)c2C)cc1. The zero-order chi connectivity index (χ0) is 29.2. The van der Waals surface area contributed by atoms with Crippen molar-refractivity contribution in [2.75, 3.05) is 12.9 Å². The molecule has 1 aliphatic rings. The summed E-state index contributed by atoms with van der Waals surface area (Å²) in [6.07, 6.45) is 0.591. The Bertz CT molecular complexity index is 1870. The van der Waals surface area contributed by atoms with Gasteiger partial charge in [0.2, 0.25) is 0 Å². The smallest absolute Gasteiger partial charge is 0.266 e. The highest BCUT2D eigenvalue weighted by Crippen LogP contribution is 2.35. The van der Waals surface area contributed by atoms with Crippen LogP contribution in [-0.4, -0.2) is 39.0 Å². The second-order valence-corrected chi connectivity index (χ2v) is 11.1. The lowest BCUT2D eigenvalue weighted by atomic mass is 9.98. The third-order valence-electron chi connectivity index (χ3n) is 7.66. The molecule has 1 atom stereocenters. The lowest BCUT2D eigenvalue weighted by Gasteiger charge is -2.22. The van der Waals surface area contributed by atoms with Gasteiger partial charge in [-0.15, -0.1) is 0 Å². The second kappa shape index (κ2) is 11.7. The predicted molar refractivity (Wildman–Crippen MR) is 168 cm³/mol. The molecule has 0 N–H and O–H groups in total. The van der Waals surface area contributed by atoms with Crippen LogP contribution in [0, 0.1) is 13.8 Å². The topological polar surface area (TPSA) is 76.8 Å². The Morgan fingerprint density at radius 3 is 2.43 bits per heavy atom. The Morgan fingerprint density at radius 2 is 1.67 bits per heavy atom. The van der Waals surface area contributed by atoms with Crippen molar-refractivity contribution in [2.45, 2.75) is 31.5 Å². The summed E-state index contributed by atoms with van der Waals surface area (Å²) in [6.45, 7) is 4.01. The third kappa shape index (κ3) is 5.21. The Balaban J connectivity index is 1.36. The van der Waals surface area contributed by atoms with Gasteiger partial charge in [-0.25, -0.2) is 9.99 Å². The van der Waals surface area contributed by atoms with Crippen molar-refractivity contribution in [3.05, 3.63) is 130 Å². The fourth-order valence-corrected chi connectivity index (χ4v) is 6.08. The number of ether oxygens (including phenoxy) is 1. The van der Waals surface area contributed by atoms with E-state index in [1.165, 1.54) is 11.8 Å². The molecule has 0 bridgehead atoms. The van der Waals surface area contributed by atoms with Crippen LogP contribution in [0.15, 0.2) is 112 Å². The Hall–Kier alpha value is -4.69. The summed E-state index contributed by atoms with van der Waals surface area (Å²) in [5.41, 5.74) is 6.06. The molecule has 42 heavy (non-hydrogen) atoms. The van der Waals surface area contributed by atoms with Crippen LogP contribution in [0.5, 0.6) is 5.75 Å². The molecule has 0 unspecified atom stereocenters. The molecule has 4 aromatic carbocycles. The van der Waals surface area contributed by atoms with E-state index in [-0.39, 0.29) is 23.3 Å². The van der Waals surface area contributed by atoms with Gasteiger partial charge in [0.1, 0.15) is 5.75 Å². The molecule has 8 heteroatoms. The number of methoxy groups -OCH3 is 1. The van der Waals surface area contributed by atoms with Gasteiger partial charge in [0.25, 0.3) is 11.5 Å². The van der Waals surface area contributed by atoms with Gasteiger partial charge in [-0.3, -0.25) is 14.2 Å². The van der Waals surface area contributed by atoms with Gasteiger partial charge in [0.15, 0.2) is 5.16 Å². The molecule has 7 nitrogen and oxygen atoms in total. The van der Waals surface area contributed by atoms with Crippen LogP contribution >= 0.6 is 11.8 Å². The van der Waals surface area contributed by atoms with Crippen molar-refractivity contribution in [3.8, 4) is 11.4 Å². The third-order valence-corrected chi connectivity index (χ3v) is 8.58. The number of hydrogen-bond acceptors (Lipinski definition) is 6. The van der Waals surface area contributed by atoms with Gasteiger partial charge >= 0.3 is 0 Å². The van der Waals surface area contributed by atoms with E-state index >= 15 is 0 Å². The summed E-state index contributed by atoms with van der Waals surface area (Å²) in [7, 11) is 1.63. The number of aryl methyl sites for hydroxylation is 1. The standard InChI is InChI=1S/C34H30N4O3S/c1-22-10-9-15-30(23(22)2)37-33(40)27-13-7-8-14-28(27)35-34(37)42-21-32(39)38-31(25-16-18-26(41-3)19-17-25)20-29(36-38)24-11-5-4-6-12-24/h4-19,31H,20-21H2,1-3H3/t31-/m1/s1. The first-order valence-electron chi connectivity index (χ1n) is 13.7. The van der Waals surface area contributed by atoms with Crippen molar-refractivity contribution >= 4 is 34.3 Å². The van der Waals surface area contributed by atoms with E-state index in [9.17, 15) is 9.59 Å². The molecule has 210 valence electrons. The minimum absolute atomic E-state index is 0.0634. The minimum Gasteiger partial charge on any atom is -0.497 e. The van der Waals surface area contributed by atoms with Crippen LogP contribution in [0.4, 0.5) is 0 Å². The van der Waals surface area contributed by atoms with Gasteiger partial charge in [0.05, 0.1) is 41.2 Å². The van der Waals surface area contributed by atoms with E-state index in [1.807, 2.05) is 105 Å². The van der Waals surface area contributed by atoms with Gasteiger partial charge in [-0.2, -0.15) is 5.10 Å². The van der Waals surface area contributed by atoms with E-state index < -0.39 is 0 Å². The zero-order valence-electron chi connectivity index (χ0n) is 23.7. The first-order chi connectivity index (χ1) is 20.4. The molecule has 1 amide bonds. The van der Waals surface area contributed by atoms with Crippen LogP contribution in [0.1, 0.15) is 34.7 Å². The number of amides is 1. The Labute approximate surface area is 248 Å². The molecule has 0 saturated carbocycles. The number of carbonyl (C=O) groups excluding carboxylic acids is 1. The molecule has 0 aliphatic carbocycles. The highest BCUT2D eigenvalue weighted by Gasteiger charge is 2.33. The quantitative estimate of drug-likeness (QED) is 0.164. The maximum absolute atomic E-state index is 13.9. The lowest BCUT2D eigenvalue weighted by molar-refractivity contribution is -0.130. The predicted octanol–water partition coefficient (Wildman–Crippen LogP) is 6.48. The number of thioether (sulfide) groups is 1.